The van der Waals surface area contributed by atoms with Crippen LogP contribution >= 0.6 is 0 Å². The van der Waals surface area contributed by atoms with Crippen molar-refractivity contribution in [3.63, 3.8) is 0 Å². The Hall–Kier alpha value is -0.610. The predicted molar refractivity (Wildman–Crippen MR) is 73.8 cm³/mol. The van der Waals surface area contributed by atoms with Crippen LogP contribution in [-0.4, -0.2) is 47.2 Å². The number of nitrogens with one attached hydrogen (secondary N) is 1. The maximum Gasteiger partial charge on any atom is 0.323 e. The van der Waals surface area contributed by atoms with Crippen LogP contribution in [0.4, 0.5) is 0 Å². The first-order chi connectivity index (χ1) is 8.43. The minimum absolute atomic E-state index is 0.374. The molecule has 0 radical (unpaired) electrons. The maximum atomic E-state index is 11.6. The van der Waals surface area contributed by atoms with Gasteiger partial charge in [0.2, 0.25) is 0 Å². The Bertz CT molecular complexity index is 281. The summed E-state index contributed by atoms with van der Waals surface area (Å²) in [5, 5.41) is 12.9. The fourth-order valence-corrected chi connectivity index (χ4v) is 2.81. The molecule has 0 heterocycles. The molecule has 106 valence electrons. The number of carboxylic acids is 1. The van der Waals surface area contributed by atoms with Crippen molar-refractivity contribution in [1.29, 1.82) is 0 Å². The summed E-state index contributed by atoms with van der Waals surface area (Å²) < 4.78 is 0. The molecule has 0 saturated heterocycles. The van der Waals surface area contributed by atoms with Gasteiger partial charge in [0.05, 0.1) is 0 Å². The van der Waals surface area contributed by atoms with E-state index >= 15 is 0 Å². The molecule has 1 fully saturated rings. The van der Waals surface area contributed by atoms with Crippen LogP contribution in [0.15, 0.2) is 0 Å². The van der Waals surface area contributed by atoms with Gasteiger partial charge in [-0.15, -0.1) is 0 Å². The zero-order chi connectivity index (χ0) is 13.8. The van der Waals surface area contributed by atoms with Gasteiger partial charge in [0.25, 0.3) is 0 Å². The minimum Gasteiger partial charge on any atom is -0.480 e. The number of hydrogen-bond donors (Lipinski definition) is 2. The summed E-state index contributed by atoms with van der Waals surface area (Å²) in [6.45, 7) is 7.18. The molecule has 2 N–H and O–H groups in total. The lowest BCUT2D eigenvalue weighted by Crippen LogP contribution is -2.58. The van der Waals surface area contributed by atoms with Gasteiger partial charge in [-0.05, 0) is 59.5 Å². The van der Waals surface area contributed by atoms with Gasteiger partial charge in [0.1, 0.15) is 5.54 Å². The molecular weight excluding hydrogens is 228 g/mol. The quantitative estimate of drug-likeness (QED) is 0.764. The van der Waals surface area contributed by atoms with Gasteiger partial charge < -0.3 is 15.3 Å². The second-order valence-electron chi connectivity index (χ2n) is 5.82. The third-order valence-electron chi connectivity index (χ3n) is 4.24. The topological polar surface area (TPSA) is 52.6 Å². The molecule has 0 spiro atoms. The van der Waals surface area contributed by atoms with Crippen molar-refractivity contribution in [2.75, 3.05) is 13.6 Å². The fraction of sp³-hybridized carbons (Fsp3) is 0.929. The Morgan fingerprint density at radius 1 is 1.56 bits per heavy atom. The molecule has 1 rings (SSSR count). The summed E-state index contributed by atoms with van der Waals surface area (Å²) in [5.41, 5.74) is -0.706. The number of aliphatic carboxylic acids is 1. The van der Waals surface area contributed by atoms with Crippen LogP contribution in [0.25, 0.3) is 0 Å². The number of nitrogens with zero attached hydrogens (tertiary/aromatic N) is 1. The molecule has 0 aromatic carbocycles. The van der Waals surface area contributed by atoms with E-state index < -0.39 is 11.5 Å². The van der Waals surface area contributed by atoms with Gasteiger partial charge in [0, 0.05) is 12.1 Å². The average molecular weight is 256 g/mol. The number of hydrogen-bond acceptors (Lipinski definition) is 3. The Balaban J connectivity index is 2.76. The van der Waals surface area contributed by atoms with E-state index in [1.54, 1.807) is 0 Å². The van der Waals surface area contributed by atoms with Gasteiger partial charge in [-0.3, -0.25) is 4.79 Å². The normalized spacial score (nSPS) is 28.9. The standard InChI is InChI=1S/C14H28N2O2/c1-5-9-15-14(13(17)18)8-6-7-12(10-14)16(4)11(2)3/h11-12,15H,5-10H2,1-4H3,(H,17,18). The zero-order valence-electron chi connectivity index (χ0n) is 12.2. The maximum absolute atomic E-state index is 11.6. The highest BCUT2D eigenvalue weighted by Gasteiger charge is 2.43. The first-order valence-corrected chi connectivity index (χ1v) is 7.13. The van der Waals surface area contributed by atoms with Crippen molar-refractivity contribution in [3.8, 4) is 0 Å². The molecule has 0 aliphatic heterocycles. The summed E-state index contributed by atoms with van der Waals surface area (Å²) in [6, 6.07) is 0.838. The van der Waals surface area contributed by atoms with Gasteiger partial charge in [-0.25, -0.2) is 0 Å². The van der Waals surface area contributed by atoms with E-state index in [2.05, 4.69) is 38.0 Å². The molecule has 1 aliphatic rings. The van der Waals surface area contributed by atoms with E-state index in [1.165, 1.54) is 0 Å². The second-order valence-corrected chi connectivity index (χ2v) is 5.82. The molecule has 1 aliphatic carbocycles. The van der Waals surface area contributed by atoms with Gasteiger partial charge in [-0.2, -0.15) is 0 Å². The third-order valence-corrected chi connectivity index (χ3v) is 4.24. The Morgan fingerprint density at radius 3 is 2.72 bits per heavy atom. The lowest BCUT2D eigenvalue weighted by molar-refractivity contribution is -0.147. The van der Waals surface area contributed by atoms with Crippen LogP contribution in [0.3, 0.4) is 0 Å². The summed E-state index contributed by atoms with van der Waals surface area (Å²) in [6.07, 6.45) is 4.55. The van der Waals surface area contributed by atoms with Crippen LogP contribution < -0.4 is 5.32 Å². The van der Waals surface area contributed by atoms with Gasteiger partial charge in [0.15, 0.2) is 0 Å². The highest BCUT2D eigenvalue weighted by Crippen LogP contribution is 2.32. The van der Waals surface area contributed by atoms with Crippen molar-refractivity contribution in [3.05, 3.63) is 0 Å². The summed E-state index contributed by atoms with van der Waals surface area (Å²) in [5.74, 6) is -0.683. The summed E-state index contributed by atoms with van der Waals surface area (Å²) in [7, 11) is 2.10. The molecule has 2 atom stereocenters. The van der Waals surface area contributed by atoms with Crippen molar-refractivity contribution in [2.45, 2.75) is 70.5 Å². The first-order valence-electron chi connectivity index (χ1n) is 7.13. The highest BCUT2D eigenvalue weighted by atomic mass is 16.4. The molecule has 0 amide bonds. The molecule has 4 nitrogen and oxygen atoms in total. The molecule has 0 bridgehead atoms. The SMILES string of the molecule is CCCNC1(C(=O)O)CCCC(N(C)C(C)C)C1. The van der Waals surface area contributed by atoms with E-state index in [1.807, 2.05) is 0 Å². The Kier molecular flexibility index (Phi) is 5.60. The van der Waals surface area contributed by atoms with Gasteiger partial charge >= 0.3 is 5.97 Å². The molecule has 0 aromatic rings. The van der Waals surface area contributed by atoms with Crippen LogP contribution in [-0.2, 0) is 4.79 Å². The van der Waals surface area contributed by atoms with Crippen molar-refractivity contribution in [1.82, 2.24) is 10.2 Å². The number of carbonyl (C=O) groups is 1. The Labute approximate surface area is 111 Å². The molecule has 2 unspecified atom stereocenters. The van der Waals surface area contributed by atoms with Crippen molar-refractivity contribution < 1.29 is 9.90 Å². The zero-order valence-corrected chi connectivity index (χ0v) is 12.2. The Morgan fingerprint density at radius 2 is 2.22 bits per heavy atom. The minimum atomic E-state index is -0.706. The summed E-state index contributed by atoms with van der Waals surface area (Å²) >= 11 is 0. The second kappa shape index (κ2) is 6.53. The monoisotopic (exact) mass is 256 g/mol. The van der Waals surface area contributed by atoms with Crippen molar-refractivity contribution in [2.24, 2.45) is 0 Å². The molecule has 1 saturated carbocycles. The van der Waals surface area contributed by atoms with E-state index in [4.69, 9.17) is 0 Å². The van der Waals surface area contributed by atoms with Crippen LogP contribution in [0.2, 0.25) is 0 Å². The van der Waals surface area contributed by atoms with Crippen molar-refractivity contribution >= 4 is 5.97 Å². The fourth-order valence-electron chi connectivity index (χ4n) is 2.81. The first kappa shape index (κ1) is 15.4. The summed E-state index contributed by atoms with van der Waals surface area (Å²) in [4.78, 5) is 13.9. The van der Waals surface area contributed by atoms with Crippen LogP contribution in [0.5, 0.6) is 0 Å². The highest BCUT2D eigenvalue weighted by molar-refractivity contribution is 5.79. The smallest absolute Gasteiger partial charge is 0.323 e. The number of carboxylic acid groups (broad SMARTS) is 1. The lowest BCUT2D eigenvalue weighted by atomic mass is 9.78. The van der Waals surface area contributed by atoms with E-state index in [-0.39, 0.29) is 0 Å². The lowest BCUT2D eigenvalue weighted by Gasteiger charge is -2.43. The molecule has 0 aromatic heterocycles. The predicted octanol–water partition coefficient (Wildman–Crippen LogP) is 2.09. The molecule has 18 heavy (non-hydrogen) atoms. The van der Waals surface area contributed by atoms with E-state index in [0.717, 1.165) is 38.6 Å². The van der Waals surface area contributed by atoms with Gasteiger partial charge in [-0.1, -0.05) is 6.92 Å². The largest absolute Gasteiger partial charge is 0.480 e. The van der Waals surface area contributed by atoms with Crippen LogP contribution in [0, 0.1) is 0 Å². The third kappa shape index (κ3) is 3.45. The van der Waals surface area contributed by atoms with Crippen LogP contribution in [0.1, 0.15) is 52.9 Å². The van der Waals surface area contributed by atoms with E-state index in [0.29, 0.717) is 12.1 Å². The average Bonchev–Trinajstić information content (AvgIpc) is 2.35. The van der Waals surface area contributed by atoms with E-state index in [9.17, 15) is 9.90 Å². The number of rotatable bonds is 6. The molecule has 4 heteroatoms. The molecular formula is C14H28N2O2.